The number of nitrogens with one attached hydrogen (secondary N) is 2. The van der Waals surface area contributed by atoms with Gasteiger partial charge in [0.25, 0.3) is 5.56 Å². The number of carboxylic acids is 1. The first-order valence-corrected chi connectivity index (χ1v) is 7.68. The van der Waals surface area contributed by atoms with Crippen LogP contribution in [0.2, 0.25) is 5.02 Å². The van der Waals surface area contributed by atoms with E-state index in [1.54, 1.807) is 24.3 Å². The van der Waals surface area contributed by atoms with E-state index < -0.39 is 17.4 Å². The molecule has 0 aliphatic carbocycles. The quantitative estimate of drug-likeness (QED) is 0.462. The van der Waals surface area contributed by atoms with Crippen LogP contribution in [0, 0.1) is 4.77 Å². The summed E-state index contributed by atoms with van der Waals surface area (Å²) in [6.07, 6.45) is 1.06. The van der Waals surface area contributed by atoms with Gasteiger partial charge in [-0.15, -0.1) is 0 Å². The van der Waals surface area contributed by atoms with Crippen molar-refractivity contribution in [2.24, 2.45) is 4.99 Å². The topological polar surface area (TPSA) is 119 Å². The van der Waals surface area contributed by atoms with E-state index in [0.717, 1.165) is 5.56 Å². The lowest BCUT2D eigenvalue weighted by atomic mass is 9.96. The highest BCUT2D eigenvalue weighted by Crippen LogP contribution is 2.22. The molecule has 126 valence electrons. The van der Waals surface area contributed by atoms with Gasteiger partial charge in [-0.05, 0) is 29.9 Å². The summed E-state index contributed by atoms with van der Waals surface area (Å²) in [6.45, 7) is 0.127. The average molecular weight is 368 g/mol. The Kier molecular flexibility index (Phi) is 5.88. The zero-order chi connectivity index (χ0) is 17.7. The number of H-pyrrole nitrogens is 2. The zero-order valence-electron chi connectivity index (χ0n) is 12.3. The molecule has 0 aliphatic rings. The third kappa shape index (κ3) is 4.77. The van der Waals surface area contributed by atoms with Crippen LogP contribution in [0.4, 0.5) is 0 Å². The van der Waals surface area contributed by atoms with E-state index >= 15 is 0 Å². The molecular formula is C15H14ClN3O4S. The van der Waals surface area contributed by atoms with Gasteiger partial charge in [0.15, 0.2) is 4.77 Å². The second kappa shape index (κ2) is 7.89. The van der Waals surface area contributed by atoms with Crippen molar-refractivity contribution in [3.05, 3.63) is 55.5 Å². The molecule has 9 heteroatoms. The molecule has 0 fully saturated rings. The van der Waals surface area contributed by atoms with Crippen LogP contribution in [0.3, 0.4) is 0 Å². The molecule has 1 aromatic heterocycles. The summed E-state index contributed by atoms with van der Waals surface area (Å²) < 4.78 is -0.000400. The summed E-state index contributed by atoms with van der Waals surface area (Å²) in [5, 5.41) is 19.3. The standard InChI is InChI=1S/C15H14ClN3O4S/c16-10-3-1-8(2-4-10)9(5-12(20)21)6-17-7-11-13(22)18-15(24)19-14(11)23/h1-4,7,9H,5-6H2,(H,20,21)(H3,18,19,22,23,24)/t9-/m0/s1. The molecule has 1 aromatic carbocycles. The minimum absolute atomic E-state index is 0.000400. The number of aromatic amines is 2. The normalized spacial score (nSPS) is 12.4. The maximum Gasteiger partial charge on any atom is 0.304 e. The fourth-order valence-corrected chi connectivity index (χ4v) is 2.42. The van der Waals surface area contributed by atoms with Crippen LogP contribution in [0.1, 0.15) is 23.5 Å². The van der Waals surface area contributed by atoms with Crippen molar-refractivity contribution in [3.63, 3.8) is 0 Å². The highest BCUT2D eigenvalue weighted by atomic mass is 35.5. The van der Waals surface area contributed by atoms with Crippen molar-refractivity contribution in [1.29, 1.82) is 0 Å². The van der Waals surface area contributed by atoms with Gasteiger partial charge in [-0.2, -0.15) is 0 Å². The maximum atomic E-state index is 11.7. The van der Waals surface area contributed by atoms with Crippen LogP contribution >= 0.6 is 23.8 Å². The number of aromatic nitrogens is 2. The first-order valence-electron chi connectivity index (χ1n) is 6.89. The van der Waals surface area contributed by atoms with Gasteiger partial charge in [0.1, 0.15) is 5.56 Å². The lowest BCUT2D eigenvalue weighted by Crippen LogP contribution is -2.14. The van der Waals surface area contributed by atoms with Crippen LogP contribution in [-0.4, -0.2) is 38.9 Å². The Morgan fingerprint density at radius 1 is 1.33 bits per heavy atom. The smallest absolute Gasteiger partial charge is 0.304 e. The molecule has 0 amide bonds. The molecule has 0 aliphatic heterocycles. The van der Waals surface area contributed by atoms with Gasteiger partial charge < -0.3 is 15.2 Å². The Morgan fingerprint density at radius 2 is 2.00 bits per heavy atom. The molecule has 0 saturated carbocycles. The fourth-order valence-electron chi connectivity index (χ4n) is 2.11. The van der Waals surface area contributed by atoms with Crippen LogP contribution < -0.4 is 5.56 Å². The number of nitrogens with zero attached hydrogens (tertiary/aromatic N) is 1. The lowest BCUT2D eigenvalue weighted by Gasteiger charge is -2.12. The van der Waals surface area contributed by atoms with Gasteiger partial charge in [0.2, 0.25) is 5.88 Å². The van der Waals surface area contributed by atoms with Gasteiger partial charge in [-0.1, -0.05) is 23.7 Å². The Morgan fingerprint density at radius 3 is 2.58 bits per heavy atom. The molecule has 0 unspecified atom stereocenters. The summed E-state index contributed by atoms with van der Waals surface area (Å²) in [4.78, 5) is 31.6. The number of halogens is 1. The molecule has 0 saturated heterocycles. The molecule has 2 aromatic rings. The molecule has 0 spiro atoms. The number of aliphatic carboxylic acids is 1. The third-order valence-electron chi connectivity index (χ3n) is 3.27. The first kappa shape index (κ1) is 17.9. The number of aromatic hydroxyl groups is 1. The van der Waals surface area contributed by atoms with Gasteiger partial charge in [-0.3, -0.25) is 19.6 Å². The molecule has 1 heterocycles. The van der Waals surface area contributed by atoms with E-state index in [4.69, 9.17) is 28.9 Å². The molecule has 24 heavy (non-hydrogen) atoms. The Labute approximate surface area is 146 Å². The minimum Gasteiger partial charge on any atom is -0.494 e. The van der Waals surface area contributed by atoms with E-state index in [2.05, 4.69) is 15.0 Å². The predicted octanol–water partition coefficient (Wildman–Crippen LogP) is 2.47. The number of carboxylic acid groups (broad SMARTS) is 1. The van der Waals surface area contributed by atoms with Crippen molar-refractivity contribution in [1.82, 2.24) is 9.97 Å². The van der Waals surface area contributed by atoms with Gasteiger partial charge in [0.05, 0.1) is 6.42 Å². The fraction of sp³-hybridized carbons (Fsp3) is 0.200. The molecule has 0 radical (unpaired) electrons. The molecule has 0 bridgehead atoms. The SMILES string of the molecule is O=C(O)C[C@@H](CN=Cc1c(O)[nH]c(=S)[nH]c1=O)c1ccc(Cl)cc1. The summed E-state index contributed by atoms with van der Waals surface area (Å²) in [6, 6.07) is 6.80. The lowest BCUT2D eigenvalue weighted by molar-refractivity contribution is -0.137. The van der Waals surface area contributed by atoms with Gasteiger partial charge in [-0.25, -0.2) is 0 Å². The number of hydrogen-bond donors (Lipinski definition) is 4. The van der Waals surface area contributed by atoms with Crippen LogP contribution in [0.25, 0.3) is 0 Å². The van der Waals surface area contributed by atoms with E-state index in [-0.39, 0.29) is 29.2 Å². The van der Waals surface area contributed by atoms with Crippen LogP contribution in [-0.2, 0) is 4.79 Å². The van der Waals surface area contributed by atoms with Crippen molar-refractivity contribution < 1.29 is 15.0 Å². The molecule has 1 atom stereocenters. The van der Waals surface area contributed by atoms with Crippen LogP contribution in [0.15, 0.2) is 34.1 Å². The predicted molar refractivity (Wildman–Crippen MR) is 92.8 cm³/mol. The second-order valence-corrected chi connectivity index (χ2v) is 5.86. The van der Waals surface area contributed by atoms with E-state index in [1.165, 1.54) is 6.21 Å². The van der Waals surface area contributed by atoms with Crippen molar-refractivity contribution >= 4 is 36.0 Å². The summed E-state index contributed by atoms with van der Waals surface area (Å²) in [7, 11) is 0. The third-order valence-corrected chi connectivity index (χ3v) is 3.72. The number of hydrogen-bond acceptors (Lipinski definition) is 5. The average Bonchev–Trinajstić information content (AvgIpc) is 2.49. The highest BCUT2D eigenvalue weighted by Gasteiger charge is 2.15. The largest absolute Gasteiger partial charge is 0.494 e. The van der Waals surface area contributed by atoms with E-state index in [0.29, 0.717) is 5.02 Å². The Balaban J connectivity index is 2.22. The Bertz CT molecular complexity index is 874. The number of rotatable bonds is 6. The molecular weight excluding hydrogens is 354 g/mol. The Hall–Kier alpha value is -2.45. The minimum atomic E-state index is -0.963. The van der Waals surface area contributed by atoms with Crippen molar-refractivity contribution in [2.75, 3.05) is 6.54 Å². The number of benzene rings is 1. The molecule has 4 N–H and O–H groups in total. The highest BCUT2D eigenvalue weighted by molar-refractivity contribution is 7.71. The van der Waals surface area contributed by atoms with E-state index in [1.807, 2.05) is 0 Å². The monoisotopic (exact) mass is 367 g/mol. The molecule has 7 nitrogen and oxygen atoms in total. The summed E-state index contributed by atoms with van der Waals surface area (Å²) in [5.41, 5.74) is 0.111. The number of aliphatic imine (C=N–C) groups is 1. The van der Waals surface area contributed by atoms with Gasteiger partial charge >= 0.3 is 5.97 Å². The summed E-state index contributed by atoms with van der Waals surface area (Å²) >= 11 is 10.6. The van der Waals surface area contributed by atoms with E-state index in [9.17, 15) is 14.7 Å². The second-order valence-electron chi connectivity index (χ2n) is 5.01. The molecule has 2 rings (SSSR count). The van der Waals surface area contributed by atoms with Crippen molar-refractivity contribution in [2.45, 2.75) is 12.3 Å². The summed E-state index contributed by atoms with van der Waals surface area (Å²) in [5.74, 6) is -1.75. The van der Waals surface area contributed by atoms with Gasteiger partial charge in [0, 0.05) is 23.7 Å². The first-order chi connectivity index (χ1) is 11.4. The maximum absolute atomic E-state index is 11.7. The van der Waals surface area contributed by atoms with Crippen molar-refractivity contribution in [3.8, 4) is 5.88 Å². The number of carbonyl (C=O) groups is 1. The van der Waals surface area contributed by atoms with Crippen LogP contribution in [0.5, 0.6) is 5.88 Å². The zero-order valence-corrected chi connectivity index (χ0v) is 13.9.